The van der Waals surface area contributed by atoms with Crippen molar-refractivity contribution in [3.05, 3.63) is 52.9 Å². The molecule has 3 aromatic rings. The normalized spacial score (nSPS) is 10.4. The molecule has 0 unspecified atom stereocenters. The molecule has 1 heterocycles. The van der Waals surface area contributed by atoms with E-state index in [0.717, 1.165) is 27.8 Å². The number of thiazole rings is 1. The lowest BCUT2D eigenvalue weighted by atomic mass is 10.1. The van der Waals surface area contributed by atoms with Crippen molar-refractivity contribution in [1.29, 1.82) is 0 Å². The Morgan fingerprint density at radius 3 is 2.48 bits per heavy atom. The van der Waals surface area contributed by atoms with Crippen LogP contribution < -0.4 is 15.4 Å². The van der Waals surface area contributed by atoms with Gasteiger partial charge < -0.3 is 15.4 Å². The van der Waals surface area contributed by atoms with Crippen molar-refractivity contribution in [2.75, 3.05) is 24.8 Å². The molecule has 3 rings (SSSR count). The fourth-order valence-electron chi connectivity index (χ4n) is 2.14. The van der Waals surface area contributed by atoms with Crippen LogP contribution in [-0.2, 0) is 0 Å². The molecular weight excluding hydrogens is 330 g/mol. The monoisotopic (exact) mass is 345 g/mol. The van der Waals surface area contributed by atoms with E-state index in [9.17, 15) is 0 Å². The number of methoxy groups -OCH3 is 1. The van der Waals surface area contributed by atoms with Gasteiger partial charge >= 0.3 is 0 Å². The summed E-state index contributed by atoms with van der Waals surface area (Å²) in [5.74, 6) is 0.654. The van der Waals surface area contributed by atoms with E-state index in [-0.39, 0.29) is 0 Å². The van der Waals surface area contributed by atoms with Crippen LogP contribution in [0.1, 0.15) is 0 Å². The first-order valence-corrected chi connectivity index (χ1v) is 8.29. The zero-order chi connectivity index (χ0) is 16.2. The molecule has 2 N–H and O–H groups in total. The molecule has 0 aliphatic carbocycles. The first kappa shape index (κ1) is 15.6. The van der Waals surface area contributed by atoms with Gasteiger partial charge in [-0.2, -0.15) is 0 Å². The molecule has 0 fully saturated rings. The number of hydrogen-bond acceptors (Lipinski definition) is 5. The summed E-state index contributed by atoms with van der Waals surface area (Å²) < 4.78 is 5.15. The summed E-state index contributed by atoms with van der Waals surface area (Å²) in [6.07, 6.45) is 0. The second-order valence-electron chi connectivity index (χ2n) is 4.84. The van der Waals surface area contributed by atoms with Gasteiger partial charge in [-0.25, -0.2) is 4.98 Å². The minimum Gasteiger partial charge on any atom is -0.495 e. The molecule has 0 aliphatic rings. The highest BCUT2D eigenvalue weighted by molar-refractivity contribution is 7.14. The van der Waals surface area contributed by atoms with Gasteiger partial charge in [0.1, 0.15) is 5.75 Å². The molecule has 23 heavy (non-hydrogen) atoms. The van der Waals surface area contributed by atoms with Crippen LogP contribution in [0.5, 0.6) is 5.75 Å². The van der Waals surface area contributed by atoms with E-state index >= 15 is 0 Å². The summed E-state index contributed by atoms with van der Waals surface area (Å²) >= 11 is 7.69. The van der Waals surface area contributed by atoms with Gasteiger partial charge in [-0.3, -0.25) is 0 Å². The molecular formula is C17H16ClN3OS. The number of aromatic nitrogens is 1. The molecule has 1 aromatic heterocycles. The molecule has 0 atom stereocenters. The Morgan fingerprint density at radius 2 is 1.83 bits per heavy atom. The van der Waals surface area contributed by atoms with Crippen LogP contribution in [0.25, 0.3) is 11.3 Å². The molecule has 0 amide bonds. The number of hydrogen-bond donors (Lipinski definition) is 2. The second kappa shape index (κ2) is 6.89. The fraction of sp³-hybridized carbons (Fsp3) is 0.118. The van der Waals surface area contributed by atoms with E-state index in [1.807, 2.05) is 42.8 Å². The Morgan fingerprint density at radius 1 is 1.09 bits per heavy atom. The largest absolute Gasteiger partial charge is 0.495 e. The Bertz CT molecular complexity index is 802. The van der Waals surface area contributed by atoms with Gasteiger partial charge in [0.05, 0.1) is 17.8 Å². The van der Waals surface area contributed by atoms with Crippen molar-refractivity contribution in [2.24, 2.45) is 0 Å². The van der Waals surface area contributed by atoms with Crippen LogP contribution in [0.15, 0.2) is 47.8 Å². The quantitative estimate of drug-likeness (QED) is 0.662. The molecule has 4 nitrogen and oxygen atoms in total. The smallest absolute Gasteiger partial charge is 0.187 e. The third kappa shape index (κ3) is 3.57. The van der Waals surface area contributed by atoms with Gasteiger partial charge in [0.15, 0.2) is 5.13 Å². The van der Waals surface area contributed by atoms with E-state index < -0.39 is 0 Å². The molecule has 0 saturated carbocycles. The van der Waals surface area contributed by atoms with E-state index in [1.54, 1.807) is 18.4 Å². The molecule has 0 bridgehead atoms. The predicted molar refractivity (Wildman–Crippen MR) is 98.4 cm³/mol. The molecule has 0 aliphatic heterocycles. The van der Waals surface area contributed by atoms with Crippen molar-refractivity contribution in [1.82, 2.24) is 4.98 Å². The van der Waals surface area contributed by atoms with Crippen LogP contribution in [0.3, 0.4) is 0 Å². The average Bonchev–Trinajstić information content (AvgIpc) is 3.03. The van der Waals surface area contributed by atoms with Gasteiger partial charge in [0.2, 0.25) is 0 Å². The average molecular weight is 346 g/mol. The summed E-state index contributed by atoms with van der Waals surface area (Å²) in [4.78, 5) is 4.62. The number of rotatable bonds is 5. The lowest BCUT2D eigenvalue weighted by molar-refractivity contribution is 0.415. The lowest BCUT2D eigenvalue weighted by Crippen LogP contribution is -1.91. The van der Waals surface area contributed by atoms with Gasteiger partial charge in [0.25, 0.3) is 0 Å². The number of anilines is 3. The fourth-order valence-corrected chi connectivity index (χ4v) is 3.14. The molecule has 2 aromatic carbocycles. The first-order valence-electron chi connectivity index (χ1n) is 7.04. The van der Waals surface area contributed by atoms with Gasteiger partial charge in [-0.05, 0) is 30.3 Å². The minimum atomic E-state index is 0.567. The number of halogens is 1. The molecule has 0 spiro atoms. The zero-order valence-corrected chi connectivity index (χ0v) is 14.3. The zero-order valence-electron chi connectivity index (χ0n) is 12.8. The Labute approximate surface area is 144 Å². The van der Waals surface area contributed by atoms with Crippen molar-refractivity contribution in [3.8, 4) is 17.0 Å². The maximum Gasteiger partial charge on any atom is 0.187 e. The van der Waals surface area contributed by atoms with Crippen molar-refractivity contribution in [2.45, 2.75) is 0 Å². The molecule has 6 heteroatoms. The summed E-state index contributed by atoms with van der Waals surface area (Å²) in [7, 11) is 3.50. The van der Waals surface area contributed by atoms with Crippen LogP contribution >= 0.6 is 22.9 Å². The number of nitrogens with zero attached hydrogens (tertiary/aromatic N) is 1. The maximum atomic E-state index is 6.14. The number of ether oxygens (including phenoxy) is 1. The van der Waals surface area contributed by atoms with E-state index in [1.165, 1.54) is 0 Å². The number of nitrogens with one attached hydrogen (secondary N) is 2. The third-order valence-electron chi connectivity index (χ3n) is 3.38. The molecule has 0 saturated heterocycles. The first-order chi connectivity index (χ1) is 11.2. The third-order valence-corrected chi connectivity index (χ3v) is 4.43. The van der Waals surface area contributed by atoms with E-state index in [2.05, 4.69) is 27.8 Å². The summed E-state index contributed by atoms with van der Waals surface area (Å²) in [5, 5.41) is 9.78. The topological polar surface area (TPSA) is 46.2 Å². The highest BCUT2D eigenvalue weighted by atomic mass is 35.5. The summed E-state index contributed by atoms with van der Waals surface area (Å²) in [6.45, 7) is 0. The highest BCUT2D eigenvalue weighted by Crippen LogP contribution is 2.31. The second-order valence-corrected chi connectivity index (χ2v) is 6.10. The van der Waals surface area contributed by atoms with Crippen LogP contribution in [0, 0.1) is 0 Å². The van der Waals surface area contributed by atoms with Crippen molar-refractivity contribution >= 4 is 39.4 Å². The molecule has 118 valence electrons. The number of benzene rings is 2. The van der Waals surface area contributed by atoms with Gasteiger partial charge in [0, 0.05) is 29.4 Å². The van der Waals surface area contributed by atoms with Crippen LogP contribution in [0.2, 0.25) is 5.02 Å². The highest BCUT2D eigenvalue weighted by Gasteiger charge is 2.07. The SMILES string of the molecule is CNc1ccc(-c2csc(Nc3ccc(OC)c(Cl)c3)n2)cc1. The maximum absolute atomic E-state index is 6.14. The summed E-state index contributed by atoms with van der Waals surface area (Å²) in [6, 6.07) is 13.7. The van der Waals surface area contributed by atoms with E-state index in [4.69, 9.17) is 16.3 Å². The van der Waals surface area contributed by atoms with Gasteiger partial charge in [-0.1, -0.05) is 23.7 Å². The molecule has 0 radical (unpaired) electrons. The lowest BCUT2D eigenvalue weighted by Gasteiger charge is -2.06. The predicted octanol–water partition coefficient (Wildman–Crippen LogP) is 5.26. The van der Waals surface area contributed by atoms with Crippen molar-refractivity contribution < 1.29 is 4.74 Å². The minimum absolute atomic E-state index is 0.567. The summed E-state index contributed by atoms with van der Waals surface area (Å²) in [5.41, 5.74) is 3.98. The Hall–Kier alpha value is -2.24. The van der Waals surface area contributed by atoms with E-state index in [0.29, 0.717) is 10.8 Å². The van der Waals surface area contributed by atoms with Crippen LogP contribution in [-0.4, -0.2) is 19.1 Å². The van der Waals surface area contributed by atoms with Crippen LogP contribution in [0.4, 0.5) is 16.5 Å². The Kier molecular flexibility index (Phi) is 4.69. The van der Waals surface area contributed by atoms with Gasteiger partial charge in [-0.15, -0.1) is 11.3 Å². The Balaban J connectivity index is 1.77. The standard InChI is InChI=1S/C17H16ClN3OS/c1-19-12-5-3-11(4-6-12)15-10-23-17(21-15)20-13-7-8-16(22-2)14(18)9-13/h3-10,19H,1-2H3,(H,20,21). The van der Waals surface area contributed by atoms with Crippen molar-refractivity contribution in [3.63, 3.8) is 0 Å².